The van der Waals surface area contributed by atoms with Crippen molar-refractivity contribution >= 4 is 15.8 Å². The summed E-state index contributed by atoms with van der Waals surface area (Å²) in [4.78, 5) is 8.55. The molecule has 0 bridgehead atoms. The molecule has 0 aromatic heterocycles. The van der Waals surface area contributed by atoms with Crippen LogP contribution in [-0.2, 0) is 10.1 Å². The molecule has 0 atom stereocenters. The van der Waals surface area contributed by atoms with Gasteiger partial charge in [0.05, 0.1) is 4.92 Å². The van der Waals surface area contributed by atoms with E-state index in [2.05, 4.69) is 4.18 Å². The van der Waals surface area contributed by atoms with E-state index in [9.17, 15) is 27.3 Å². The Balaban J connectivity index is 2.35. The van der Waals surface area contributed by atoms with Crippen LogP contribution < -0.4 is 4.18 Å². The lowest BCUT2D eigenvalue weighted by Crippen LogP contribution is -2.13. The fourth-order valence-corrected chi connectivity index (χ4v) is 2.57. The molecule has 0 unspecified atom stereocenters. The third-order valence-electron chi connectivity index (χ3n) is 2.42. The molecule has 0 aliphatic rings. The number of hydrogen-bond acceptors (Lipinski definition) is 5. The van der Waals surface area contributed by atoms with E-state index in [0.717, 1.165) is 42.5 Å². The lowest BCUT2D eigenvalue weighted by Gasteiger charge is -2.08. The van der Waals surface area contributed by atoms with E-state index in [1.807, 2.05) is 0 Å². The number of hydrogen-bond donors (Lipinski definition) is 0. The number of benzene rings is 2. The molecule has 0 radical (unpaired) electrons. The van der Waals surface area contributed by atoms with E-state index < -0.39 is 31.6 Å². The van der Waals surface area contributed by atoms with Crippen LogP contribution in [0.4, 0.5) is 14.5 Å². The van der Waals surface area contributed by atoms with Crippen molar-refractivity contribution in [2.24, 2.45) is 0 Å². The van der Waals surface area contributed by atoms with Crippen LogP contribution in [0.25, 0.3) is 0 Å². The van der Waals surface area contributed by atoms with E-state index in [1.165, 1.54) is 0 Å². The van der Waals surface area contributed by atoms with E-state index >= 15 is 0 Å². The van der Waals surface area contributed by atoms with Gasteiger partial charge in [-0.05, 0) is 24.3 Å². The Morgan fingerprint density at radius 2 is 1.52 bits per heavy atom. The van der Waals surface area contributed by atoms with Crippen LogP contribution in [0.2, 0.25) is 0 Å². The van der Waals surface area contributed by atoms with Gasteiger partial charge in [-0.2, -0.15) is 8.42 Å². The lowest BCUT2D eigenvalue weighted by atomic mass is 10.3. The zero-order valence-corrected chi connectivity index (χ0v) is 11.0. The second kappa shape index (κ2) is 5.44. The van der Waals surface area contributed by atoms with Gasteiger partial charge < -0.3 is 4.18 Å². The number of nitro benzene ring substituents is 1. The van der Waals surface area contributed by atoms with Gasteiger partial charge in [0.15, 0.2) is 4.90 Å². The van der Waals surface area contributed by atoms with E-state index in [0.29, 0.717) is 0 Å². The first-order valence-corrected chi connectivity index (χ1v) is 6.85. The molecule has 0 aliphatic carbocycles. The topological polar surface area (TPSA) is 86.5 Å². The Morgan fingerprint density at radius 3 is 2.00 bits per heavy atom. The molecule has 0 spiro atoms. The summed E-state index contributed by atoms with van der Waals surface area (Å²) >= 11 is 0. The zero-order chi connectivity index (χ0) is 15.6. The molecule has 110 valence electrons. The van der Waals surface area contributed by atoms with Gasteiger partial charge in [0.25, 0.3) is 5.69 Å². The number of nitro groups is 1. The first kappa shape index (κ1) is 14.9. The minimum Gasteiger partial charge on any atom is -0.379 e. The van der Waals surface area contributed by atoms with Crippen LogP contribution >= 0.6 is 0 Å². The van der Waals surface area contributed by atoms with Crippen molar-refractivity contribution in [1.29, 1.82) is 0 Å². The molecule has 0 heterocycles. The van der Waals surface area contributed by atoms with E-state index in [4.69, 9.17) is 0 Å². The van der Waals surface area contributed by atoms with Gasteiger partial charge in [0.2, 0.25) is 0 Å². The van der Waals surface area contributed by atoms with Crippen molar-refractivity contribution in [2.75, 3.05) is 0 Å². The normalized spacial score (nSPS) is 11.1. The van der Waals surface area contributed by atoms with Crippen LogP contribution in [0.3, 0.4) is 0 Å². The summed E-state index contributed by atoms with van der Waals surface area (Å²) in [6.07, 6.45) is 0. The first-order valence-electron chi connectivity index (χ1n) is 5.44. The summed E-state index contributed by atoms with van der Waals surface area (Å²) in [5.41, 5.74) is -0.281. The largest absolute Gasteiger partial charge is 0.379 e. The standard InChI is InChI=1S/C12H7F2NO5S/c13-10-2-1-3-11(14)12(10)21(18,19)20-9-6-4-8(5-7-9)15(16)17/h1-7H. The van der Waals surface area contributed by atoms with Crippen LogP contribution in [0.1, 0.15) is 0 Å². The molecule has 2 rings (SSSR count). The summed E-state index contributed by atoms with van der Waals surface area (Å²) in [6.45, 7) is 0. The van der Waals surface area contributed by atoms with E-state index in [1.54, 1.807) is 0 Å². The molecule has 0 N–H and O–H groups in total. The predicted molar refractivity (Wildman–Crippen MR) is 67.3 cm³/mol. The molecule has 0 amide bonds. The molecule has 0 saturated heterocycles. The Hall–Kier alpha value is -2.55. The highest BCUT2D eigenvalue weighted by atomic mass is 32.2. The maximum absolute atomic E-state index is 13.4. The molecule has 2 aromatic carbocycles. The molecule has 9 heteroatoms. The van der Waals surface area contributed by atoms with E-state index in [-0.39, 0.29) is 11.4 Å². The third kappa shape index (κ3) is 3.14. The van der Waals surface area contributed by atoms with Gasteiger partial charge in [-0.25, -0.2) is 8.78 Å². The van der Waals surface area contributed by atoms with Crippen LogP contribution in [0.15, 0.2) is 47.4 Å². The van der Waals surface area contributed by atoms with Crippen LogP contribution in [0.5, 0.6) is 5.75 Å². The fraction of sp³-hybridized carbons (Fsp3) is 0. The van der Waals surface area contributed by atoms with Crippen molar-refractivity contribution in [3.63, 3.8) is 0 Å². The average Bonchev–Trinajstić information content (AvgIpc) is 2.38. The summed E-state index contributed by atoms with van der Waals surface area (Å²) in [5, 5.41) is 10.5. The SMILES string of the molecule is O=[N+]([O-])c1ccc(OS(=O)(=O)c2c(F)cccc2F)cc1. The highest BCUT2D eigenvalue weighted by Crippen LogP contribution is 2.24. The lowest BCUT2D eigenvalue weighted by molar-refractivity contribution is -0.384. The van der Waals surface area contributed by atoms with Gasteiger partial charge in [-0.15, -0.1) is 0 Å². The van der Waals surface area contributed by atoms with Crippen molar-refractivity contribution < 1.29 is 26.3 Å². The second-order valence-electron chi connectivity index (χ2n) is 3.84. The van der Waals surface area contributed by atoms with Crippen LogP contribution in [0, 0.1) is 21.7 Å². The van der Waals surface area contributed by atoms with Crippen molar-refractivity contribution in [1.82, 2.24) is 0 Å². The fourth-order valence-electron chi connectivity index (χ4n) is 1.51. The minimum absolute atomic E-state index is 0.281. The molecular formula is C12H7F2NO5S. The molecule has 21 heavy (non-hydrogen) atoms. The second-order valence-corrected chi connectivity index (χ2v) is 5.32. The molecule has 0 aliphatic heterocycles. The monoisotopic (exact) mass is 315 g/mol. The number of halogens is 2. The molecule has 0 saturated carbocycles. The Bertz CT molecular complexity index is 770. The number of nitrogens with zero attached hydrogens (tertiary/aromatic N) is 1. The van der Waals surface area contributed by atoms with Gasteiger partial charge in [-0.3, -0.25) is 10.1 Å². The van der Waals surface area contributed by atoms with Gasteiger partial charge in [-0.1, -0.05) is 6.07 Å². The molecule has 0 fully saturated rings. The van der Waals surface area contributed by atoms with Gasteiger partial charge in [0, 0.05) is 12.1 Å². The van der Waals surface area contributed by atoms with Gasteiger partial charge in [0.1, 0.15) is 17.4 Å². The maximum atomic E-state index is 13.4. The summed E-state index contributed by atoms with van der Waals surface area (Å²) < 4.78 is 55.1. The third-order valence-corrected chi connectivity index (χ3v) is 3.72. The molecule has 6 nitrogen and oxygen atoms in total. The molecular weight excluding hydrogens is 308 g/mol. The smallest absolute Gasteiger partial charge is 0.345 e. The molecule has 2 aromatic rings. The highest BCUT2D eigenvalue weighted by Gasteiger charge is 2.26. The predicted octanol–water partition coefficient (Wildman–Crippen LogP) is 2.64. The number of non-ortho nitro benzene ring substituents is 1. The average molecular weight is 315 g/mol. The minimum atomic E-state index is -4.73. The Kier molecular flexibility index (Phi) is 3.85. The number of rotatable bonds is 4. The van der Waals surface area contributed by atoms with Crippen molar-refractivity contribution in [3.8, 4) is 5.75 Å². The van der Waals surface area contributed by atoms with Crippen molar-refractivity contribution in [2.45, 2.75) is 4.90 Å². The first-order chi connectivity index (χ1) is 9.81. The summed E-state index contributed by atoms with van der Waals surface area (Å²) in [6, 6.07) is 6.58. The Labute approximate surface area is 117 Å². The zero-order valence-electron chi connectivity index (χ0n) is 10.2. The summed E-state index contributed by atoms with van der Waals surface area (Å²) in [7, 11) is -4.73. The quantitative estimate of drug-likeness (QED) is 0.492. The van der Waals surface area contributed by atoms with Gasteiger partial charge >= 0.3 is 10.1 Å². The maximum Gasteiger partial charge on any atom is 0.345 e. The van der Waals surface area contributed by atoms with Crippen molar-refractivity contribution in [3.05, 3.63) is 64.2 Å². The Morgan fingerprint density at radius 1 is 1.00 bits per heavy atom. The highest BCUT2D eigenvalue weighted by molar-refractivity contribution is 7.87. The van der Waals surface area contributed by atoms with Crippen LogP contribution in [-0.4, -0.2) is 13.3 Å². The summed E-state index contributed by atoms with van der Waals surface area (Å²) in [5.74, 6) is -2.89.